The summed E-state index contributed by atoms with van der Waals surface area (Å²) >= 11 is 0. The van der Waals surface area contributed by atoms with Gasteiger partial charge in [0.15, 0.2) is 5.82 Å². The number of benzene rings is 1. The van der Waals surface area contributed by atoms with Crippen LogP contribution in [0.4, 0.5) is 11.9 Å². The molecule has 8 nitrogen and oxygen atoms in total. The number of anilines is 2. The Morgan fingerprint density at radius 3 is 2.45 bits per heavy atom. The SMILES string of the molecule is CN(C)c1nc(CNC(=O)C2(c3ccccc3)CCOCC2)nc(N2CCCCC2)n1. The van der Waals surface area contributed by atoms with Crippen LogP contribution in [0.25, 0.3) is 0 Å². The first-order chi connectivity index (χ1) is 15.1. The number of piperidine rings is 1. The summed E-state index contributed by atoms with van der Waals surface area (Å²) in [6.07, 6.45) is 4.88. The van der Waals surface area contributed by atoms with Gasteiger partial charge in [-0.15, -0.1) is 0 Å². The van der Waals surface area contributed by atoms with Crippen LogP contribution in [0.5, 0.6) is 0 Å². The van der Waals surface area contributed by atoms with Crippen molar-refractivity contribution in [3.63, 3.8) is 0 Å². The van der Waals surface area contributed by atoms with Gasteiger partial charge in [0.1, 0.15) is 0 Å². The number of aromatic nitrogens is 3. The highest BCUT2D eigenvalue weighted by Gasteiger charge is 2.41. The molecule has 0 radical (unpaired) electrons. The lowest BCUT2D eigenvalue weighted by Crippen LogP contribution is -2.48. The minimum Gasteiger partial charge on any atom is -0.381 e. The van der Waals surface area contributed by atoms with Crippen molar-refractivity contribution >= 4 is 17.8 Å². The molecule has 2 aromatic rings. The van der Waals surface area contributed by atoms with Crippen molar-refractivity contribution < 1.29 is 9.53 Å². The largest absolute Gasteiger partial charge is 0.381 e. The topological polar surface area (TPSA) is 83.5 Å². The lowest BCUT2D eigenvalue weighted by molar-refractivity contribution is -0.130. The molecular weight excluding hydrogens is 392 g/mol. The van der Waals surface area contributed by atoms with E-state index in [2.05, 4.69) is 25.2 Å². The number of rotatable bonds is 6. The standard InChI is InChI=1S/C23H32N6O2/c1-28(2)21-25-19(26-22(27-21)29-13-7-4-8-14-29)17-24-20(30)23(11-15-31-16-12-23)18-9-5-3-6-10-18/h3,5-6,9-10H,4,7-8,11-17H2,1-2H3,(H,24,30). The summed E-state index contributed by atoms with van der Waals surface area (Å²) < 4.78 is 5.56. The molecule has 4 rings (SSSR count). The third kappa shape index (κ3) is 4.79. The van der Waals surface area contributed by atoms with Crippen LogP contribution in [-0.4, -0.2) is 61.3 Å². The van der Waals surface area contributed by atoms with Crippen LogP contribution in [0.3, 0.4) is 0 Å². The molecule has 1 amide bonds. The minimum absolute atomic E-state index is 0.00772. The molecule has 0 atom stereocenters. The molecule has 1 aromatic carbocycles. The summed E-state index contributed by atoms with van der Waals surface area (Å²) in [6, 6.07) is 10.0. The van der Waals surface area contributed by atoms with Crippen LogP contribution in [0, 0.1) is 0 Å². The molecule has 31 heavy (non-hydrogen) atoms. The number of amides is 1. The van der Waals surface area contributed by atoms with Gasteiger partial charge in [-0.1, -0.05) is 30.3 Å². The predicted molar refractivity (Wildman–Crippen MR) is 120 cm³/mol. The molecule has 166 valence electrons. The smallest absolute Gasteiger partial charge is 0.231 e. The van der Waals surface area contributed by atoms with Gasteiger partial charge in [-0.3, -0.25) is 4.79 Å². The highest BCUT2D eigenvalue weighted by molar-refractivity contribution is 5.88. The Bertz CT molecular complexity index is 877. The first-order valence-corrected chi connectivity index (χ1v) is 11.2. The lowest BCUT2D eigenvalue weighted by Gasteiger charge is -2.36. The second-order valence-corrected chi connectivity index (χ2v) is 8.54. The van der Waals surface area contributed by atoms with Crippen molar-refractivity contribution in [1.29, 1.82) is 0 Å². The first-order valence-electron chi connectivity index (χ1n) is 11.2. The molecule has 0 aliphatic carbocycles. The van der Waals surface area contributed by atoms with Crippen LogP contribution >= 0.6 is 0 Å². The lowest BCUT2D eigenvalue weighted by atomic mass is 9.73. The average molecular weight is 425 g/mol. The Morgan fingerprint density at radius 1 is 1.06 bits per heavy atom. The minimum atomic E-state index is -0.577. The summed E-state index contributed by atoms with van der Waals surface area (Å²) in [7, 11) is 3.84. The van der Waals surface area contributed by atoms with E-state index in [0.29, 0.717) is 43.8 Å². The van der Waals surface area contributed by atoms with Crippen molar-refractivity contribution in [3.05, 3.63) is 41.7 Å². The zero-order valence-electron chi connectivity index (χ0n) is 18.5. The zero-order valence-corrected chi connectivity index (χ0v) is 18.5. The fourth-order valence-electron chi connectivity index (χ4n) is 4.36. The van der Waals surface area contributed by atoms with Crippen LogP contribution in [0.15, 0.2) is 30.3 Å². The van der Waals surface area contributed by atoms with E-state index in [-0.39, 0.29) is 12.5 Å². The molecule has 0 spiro atoms. The second kappa shape index (κ2) is 9.60. The van der Waals surface area contributed by atoms with Crippen LogP contribution < -0.4 is 15.1 Å². The van der Waals surface area contributed by atoms with E-state index in [9.17, 15) is 4.79 Å². The Labute approximate surface area is 184 Å². The van der Waals surface area contributed by atoms with Crippen molar-refractivity contribution in [2.75, 3.05) is 50.2 Å². The number of ether oxygens (including phenoxy) is 1. The highest BCUT2D eigenvalue weighted by Crippen LogP contribution is 2.35. The van der Waals surface area contributed by atoms with Gasteiger partial charge in [-0.05, 0) is 37.7 Å². The van der Waals surface area contributed by atoms with Gasteiger partial charge in [0.25, 0.3) is 0 Å². The Kier molecular flexibility index (Phi) is 6.65. The first kappa shape index (κ1) is 21.5. The molecule has 0 unspecified atom stereocenters. The van der Waals surface area contributed by atoms with E-state index in [1.807, 2.05) is 49.3 Å². The molecule has 2 aliphatic rings. The maximum absolute atomic E-state index is 13.4. The highest BCUT2D eigenvalue weighted by atomic mass is 16.5. The van der Waals surface area contributed by atoms with Crippen LogP contribution in [-0.2, 0) is 21.5 Å². The predicted octanol–water partition coefficient (Wildman–Crippen LogP) is 2.29. The van der Waals surface area contributed by atoms with Gasteiger partial charge >= 0.3 is 0 Å². The molecule has 3 heterocycles. The summed E-state index contributed by atoms with van der Waals surface area (Å²) in [6.45, 7) is 3.36. The zero-order chi connectivity index (χ0) is 21.7. The molecule has 1 aromatic heterocycles. The molecule has 2 aliphatic heterocycles. The summed E-state index contributed by atoms with van der Waals surface area (Å²) in [5.41, 5.74) is 0.460. The fraction of sp³-hybridized carbons (Fsp3) is 0.565. The Morgan fingerprint density at radius 2 is 1.77 bits per heavy atom. The molecule has 0 bridgehead atoms. The van der Waals surface area contributed by atoms with Crippen LogP contribution in [0.1, 0.15) is 43.5 Å². The average Bonchev–Trinajstić information content (AvgIpc) is 2.84. The molecule has 0 saturated carbocycles. The van der Waals surface area contributed by atoms with Gasteiger partial charge < -0.3 is 19.9 Å². The summed E-state index contributed by atoms with van der Waals surface area (Å²) in [4.78, 5) is 31.4. The number of carbonyl (C=O) groups excluding carboxylic acids is 1. The third-order valence-corrected chi connectivity index (χ3v) is 6.21. The van der Waals surface area contributed by atoms with E-state index in [1.165, 1.54) is 6.42 Å². The monoisotopic (exact) mass is 424 g/mol. The third-order valence-electron chi connectivity index (χ3n) is 6.21. The van der Waals surface area contributed by atoms with Crippen molar-refractivity contribution in [1.82, 2.24) is 20.3 Å². The van der Waals surface area contributed by atoms with E-state index in [1.54, 1.807) is 0 Å². The maximum atomic E-state index is 13.4. The number of carbonyl (C=O) groups is 1. The van der Waals surface area contributed by atoms with Crippen molar-refractivity contribution in [2.24, 2.45) is 0 Å². The van der Waals surface area contributed by atoms with Crippen molar-refractivity contribution in [3.8, 4) is 0 Å². The molecule has 2 saturated heterocycles. The second-order valence-electron chi connectivity index (χ2n) is 8.54. The normalized spacial score (nSPS) is 18.5. The van der Waals surface area contributed by atoms with Gasteiger partial charge in [0, 0.05) is 40.4 Å². The van der Waals surface area contributed by atoms with Gasteiger partial charge in [-0.2, -0.15) is 15.0 Å². The number of nitrogens with zero attached hydrogens (tertiary/aromatic N) is 5. The summed E-state index contributed by atoms with van der Waals surface area (Å²) in [5, 5.41) is 3.12. The Balaban J connectivity index is 1.54. The number of nitrogens with one attached hydrogen (secondary N) is 1. The van der Waals surface area contributed by atoms with Crippen molar-refractivity contribution in [2.45, 2.75) is 44.1 Å². The number of hydrogen-bond acceptors (Lipinski definition) is 7. The molecule has 8 heteroatoms. The molecular formula is C23H32N6O2. The Hall–Kier alpha value is -2.74. The summed E-state index contributed by atoms with van der Waals surface area (Å²) in [5.74, 6) is 1.91. The number of hydrogen-bond donors (Lipinski definition) is 1. The quantitative estimate of drug-likeness (QED) is 0.762. The van der Waals surface area contributed by atoms with E-state index in [0.717, 1.165) is 31.5 Å². The van der Waals surface area contributed by atoms with Gasteiger partial charge in [0.2, 0.25) is 17.8 Å². The van der Waals surface area contributed by atoms with Gasteiger partial charge in [0.05, 0.1) is 12.0 Å². The van der Waals surface area contributed by atoms with E-state index >= 15 is 0 Å². The maximum Gasteiger partial charge on any atom is 0.231 e. The fourth-order valence-corrected chi connectivity index (χ4v) is 4.36. The van der Waals surface area contributed by atoms with Gasteiger partial charge in [-0.25, -0.2) is 0 Å². The van der Waals surface area contributed by atoms with E-state index < -0.39 is 5.41 Å². The molecule has 2 fully saturated rings. The molecule has 1 N–H and O–H groups in total. The van der Waals surface area contributed by atoms with E-state index in [4.69, 9.17) is 4.74 Å². The van der Waals surface area contributed by atoms with Crippen LogP contribution in [0.2, 0.25) is 0 Å².